The van der Waals surface area contributed by atoms with E-state index in [1.165, 1.54) is 11.1 Å². The van der Waals surface area contributed by atoms with Crippen molar-refractivity contribution >= 4 is 0 Å². The number of hydrogen-bond acceptors (Lipinski definition) is 2. The smallest absolute Gasteiger partial charge is 0.178 e. The molecule has 1 aliphatic carbocycles. The normalized spacial score (nSPS) is 33.5. The third-order valence-corrected chi connectivity index (χ3v) is 3.28. The molecule has 1 fully saturated rings. The second kappa shape index (κ2) is 2.59. The van der Waals surface area contributed by atoms with Gasteiger partial charge in [0.1, 0.15) is 5.60 Å². The van der Waals surface area contributed by atoms with E-state index >= 15 is 0 Å². The van der Waals surface area contributed by atoms with Crippen LogP contribution in [-0.4, -0.2) is 6.10 Å². The number of aryl methyl sites for hydroxylation is 1. The fourth-order valence-corrected chi connectivity index (χ4v) is 2.53. The van der Waals surface area contributed by atoms with Gasteiger partial charge in [0.15, 0.2) is 6.10 Å². The van der Waals surface area contributed by atoms with Crippen LogP contribution in [0.1, 0.15) is 24.0 Å². The molecule has 0 saturated carbocycles. The maximum atomic E-state index is 8.87. The Morgan fingerprint density at radius 1 is 1.43 bits per heavy atom. The molecule has 70 valence electrons. The lowest BCUT2D eigenvalue weighted by atomic mass is 9.81. The molecule has 1 aliphatic heterocycles. The second-order valence-electron chi connectivity index (χ2n) is 4.03. The van der Waals surface area contributed by atoms with Crippen molar-refractivity contribution in [3.8, 4) is 6.07 Å². The topological polar surface area (TPSA) is 36.3 Å². The average molecular weight is 185 g/mol. The number of nitrogens with zero attached hydrogens (tertiary/aromatic N) is 1. The SMILES string of the molecule is N#CC1OC12CCCc1ccccc12. The van der Waals surface area contributed by atoms with Crippen LogP contribution < -0.4 is 0 Å². The van der Waals surface area contributed by atoms with Gasteiger partial charge < -0.3 is 4.74 Å². The Morgan fingerprint density at radius 3 is 3.07 bits per heavy atom. The summed E-state index contributed by atoms with van der Waals surface area (Å²) in [6.07, 6.45) is 3.06. The van der Waals surface area contributed by atoms with E-state index in [-0.39, 0.29) is 11.7 Å². The molecule has 1 spiro atoms. The van der Waals surface area contributed by atoms with Gasteiger partial charge >= 0.3 is 0 Å². The van der Waals surface area contributed by atoms with Crippen molar-refractivity contribution in [2.24, 2.45) is 0 Å². The van der Waals surface area contributed by atoms with Crippen molar-refractivity contribution < 1.29 is 4.74 Å². The first-order chi connectivity index (χ1) is 6.87. The maximum absolute atomic E-state index is 8.87. The van der Waals surface area contributed by atoms with Crippen LogP contribution in [0.25, 0.3) is 0 Å². The van der Waals surface area contributed by atoms with Gasteiger partial charge in [0, 0.05) is 0 Å². The molecule has 2 aliphatic rings. The molecule has 2 atom stereocenters. The largest absolute Gasteiger partial charge is 0.345 e. The molecule has 0 bridgehead atoms. The summed E-state index contributed by atoms with van der Waals surface area (Å²) >= 11 is 0. The molecule has 2 unspecified atom stereocenters. The predicted molar refractivity (Wildman–Crippen MR) is 51.5 cm³/mol. The average Bonchev–Trinajstić information content (AvgIpc) is 2.94. The Morgan fingerprint density at radius 2 is 2.29 bits per heavy atom. The number of rotatable bonds is 0. The molecule has 0 amide bonds. The first kappa shape index (κ1) is 8.02. The molecule has 1 aromatic carbocycles. The zero-order chi connectivity index (χ0) is 9.60. The van der Waals surface area contributed by atoms with E-state index in [9.17, 15) is 0 Å². The summed E-state index contributed by atoms with van der Waals surface area (Å²) in [6.45, 7) is 0. The van der Waals surface area contributed by atoms with Gasteiger partial charge in [0.2, 0.25) is 0 Å². The molecule has 0 radical (unpaired) electrons. The summed E-state index contributed by atoms with van der Waals surface area (Å²) in [5.74, 6) is 0. The summed E-state index contributed by atoms with van der Waals surface area (Å²) in [7, 11) is 0. The Hall–Kier alpha value is -1.33. The van der Waals surface area contributed by atoms with Gasteiger partial charge in [-0.25, -0.2) is 0 Å². The first-order valence-corrected chi connectivity index (χ1v) is 5.03. The van der Waals surface area contributed by atoms with Crippen molar-refractivity contribution in [2.45, 2.75) is 31.0 Å². The van der Waals surface area contributed by atoms with E-state index in [4.69, 9.17) is 10.00 Å². The minimum Gasteiger partial charge on any atom is -0.345 e. The molecule has 1 aromatic rings. The van der Waals surface area contributed by atoms with E-state index in [1.807, 2.05) is 6.07 Å². The minimum atomic E-state index is -0.233. The van der Waals surface area contributed by atoms with E-state index < -0.39 is 0 Å². The van der Waals surface area contributed by atoms with Gasteiger partial charge in [-0.05, 0) is 30.4 Å². The summed E-state index contributed by atoms with van der Waals surface area (Å²) < 4.78 is 5.56. The van der Waals surface area contributed by atoms with Crippen molar-refractivity contribution in [3.05, 3.63) is 35.4 Å². The molecule has 2 nitrogen and oxygen atoms in total. The van der Waals surface area contributed by atoms with E-state index in [0.29, 0.717) is 0 Å². The Bertz CT molecular complexity index is 421. The van der Waals surface area contributed by atoms with Gasteiger partial charge in [0.25, 0.3) is 0 Å². The number of benzene rings is 1. The Labute approximate surface area is 83.1 Å². The monoisotopic (exact) mass is 185 g/mol. The molecular weight excluding hydrogens is 174 g/mol. The van der Waals surface area contributed by atoms with Crippen molar-refractivity contribution in [1.82, 2.24) is 0 Å². The molecule has 1 saturated heterocycles. The standard InChI is InChI=1S/C12H11NO/c13-8-11-12(14-11)7-3-5-9-4-1-2-6-10(9)12/h1-2,4,6,11H,3,5,7H2. The predicted octanol–water partition coefficient (Wildman–Crippen LogP) is 2.14. The van der Waals surface area contributed by atoms with Crippen LogP contribution in [0.3, 0.4) is 0 Å². The molecule has 14 heavy (non-hydrogen) atoms. The van der Waals surface area contributed by atoms with Crippen molar-refractivity contribution in [3.63, 3.8) is 0 Å². The third-order valence-electron chi connectivity index (χ3n) is 3.28. The molecule has 3 rings (SSSR count). The lowest BCUT2D eigenvalue weighted by Gasteiger charge is -2.21. The highest BCUT2D eigenvalue weighted by atomic mass is 16.6. The first-order valence-electron chi connectivity index (χ1n) is 5.03. The minimum absolute atomic E-state index is 0.205. The number of hydrogen-bond donors (Lipinski definition) is 0. The molecule has 0 N–H and O–H groups in total. The second-order valence-corrected chi connectivity index (χ2v) is 4.03. The summed E-state index contributed by atoms with van der Waals surface area (Å²) in [5, 5.41) is 8.87. The number of epoxide rings is 1. The highest BCUT2D eigenvalue weighted by Crippen LogP contribution is 2.53. The highest BCUT2D eigenvalue weighted by molar-refractivity contribution is 5.41. The summed E-state index contributed by atoms with van der Waals surface area (Å²) in [4.78, 5) is 0. The lowest BCUT2D eigenvalue weighted by Crippen LogP contribution is -2.19. The molecule has 0 aromatic heterocycles. The van der Waals surface area contributed by atoms with Crippen LogP contribution in [0.4, 0.5) is 0 Å². The van der Waals surface area contributed by atoms with Gasteiger partial charge in [-0.1, -0.05) is 24.3 Å². The van der Waals surface area contributed by atoms with Crippen molar-refractivity contribution in [2.75, 3.05) is 0 Å². The van der Waals surface area contributed by atoms with Gasteiger partial charge in [-0.3, -0.25) is 0 Å². The zero-order valence-corrected chi connectivity index (χ0v) is 7.86. The van der Waals surface area contributed by atoms with Gasteiger partial charge in [-0.15, -0.1) is 0 Å². The van der Waals surface area contributed by atoms with Crippen LogP contribution in [-0.2, 0) is 16.8 Å². The van der Waals surface area contributed by atoms with E-state index in [2.05, 4.69) is 24.3 Å². The fraction of sp³-hybridized carbons (Fsp3) is 0.417. The van der Waals surface area contributed by atoms with Crippen LogP contribution in [0.5, 0.6) is 0 Å². The summed E-state index contributed by atoms with van der Waals surface area (Å²) in [5.41, 5.74) is 2.37. The maximum Gasteiger partial charge on any atom is 0.178 e. The van der Waals surface area contributed by atoms with Crippen LogP contribution in [0.2, 0.25) is 0 Å². The fourth-order valence-electron chi connectivity index (χ4n) is 2.53. The summed E-state index contributed by atoms with van der Waals surface area (Å²) in [6, 6.07) is 10.6. The molecule has 1 heterocycles. The van der Waals surface area contributed by atoms with Crippen LogP contribution in [0.15, 0.2) is 24.3 Å². The number of nitriles is 1. The molecular formula is C12H11NO. The van der Waals surface area contributed by atoms with E-state index in [1.54, 1.807) is 0 Å². The Balaban J connectivity index is 2.10. The van der Waals surface area contributed by atoms with Gasteiger partial charge in [-0.2, -0.15) is 5.26 Å². The Kier molecular flexibility index (Phi) is 1.48. The quantitative estimate of drug-likeness (QED) is 0.580. The van der Waals surface area contributed by atoms with Crippen LogP contribution in [0, 0.1) is 11.3 Å². The van der Waals surface area contributed by atoms with Crippen LogP contribution >= 0.6 is 0 Å². The lowest BCUT2D eigenvalue weighted by molar-refractivity contribution is 0.273. The third kappa shape index (κ3) is 0.880. The number of ether oxygens (including phenoxy) is 1. The van der Waals surface area contributed by atoms with Gasteiger partial charge in [0.05, 0.1) is 6.07 Å². The van der Waals surface area contributed by atoms with Crippen molar-refractivity contribution in [1.29, 1.82) is 5.26 Å². The highest BCUT2D eigenvalue weighted by Gasteiger charge is 2.59. The zero-order valence-electron chi connectivity index (χ0n) is 7.86. The molecule has 2 heteroatoms. The van der Waals surface area contributed by atoms with E-state index in [0.717, 1.165) is 19.3 Å². The number of fused-ring (bicyclic) bond motifs is 2.